The summed E-state index contributed by atoms with van der Waals surface area (Å²) in [6, 6.07) is 8.36. The van der Waals surface area contributed by atoms with Crippen LogP contribution in [0.2, 0.25) is 0 Å². The SMILES string of the molecule is Cc1ccccc1C.[I][V]([I])[I]. The minimum atomic E-state index is -0.278. The van der Waals surface area contributed by atoms with E-state index in [-0.39, 0.29) is 4.92 Å². The van der Waals surface area contributed by atoms with Crippen molar-refractivity contribution in [1.29, 1.82) is 0 Å². The first-order valence-electron chi connectivity index (χ1n) is 3.33. The number of hydrogen-bond donors (Lipinski definition) is 0. The number of rotatable bonds is 0. The van der Waals surface area contributed by atoms with Crippen LogP contribution in [0, 0.1) is 13.8 Å². The van der Waals surface area contributed by atoms with Crippen LogP contribution in [-0.2, 0) is 4.92 Å². The van der Waals surface area contributed by atoms with Crippen molar-refractivity contribution in [1.82, 2.24) is 0 Å². The zero-order valence-corrected chi connectivity index (χ0v) is 14.8. The molecule has 0 aliphatic carbocycles. The predicted octanol–water partition coefficient (Wildman–Crippen LogP) is 4.96. The second kappa shape index (κ2) is 8.31. The molecule has 0 fully saturated rings. The van der Waals surface area contributed by atoms with E-state index in [1.807, 2.05) is 0 Å². The van der Waals surface area contributed by atoms with Crippen molar-refractivity contribution in [3.8, 4) is 0 Å². The molecule has 0 radical (unpaired) electrons. The minimum absolute atomic E-state index is 0.278. The Morgan fingerprint density at radius 2 is 1.17 bits per heavy atom. The molecule has 0 aromatic heterocycles. The summed E-state index contributed by atoms with van der Waals surface area (Å²) < 4.78 is 0. The summed E-state index contributed by atoms with van der Waals surface area (Å²) in [7, 11) is 0. The van der Waals surface area contributed by atoms with Gasteiger partial charge in [-0.3, -0.25) is 0 Å². The molecule has 0 saturated heterocycles. The molecule has 0 amide bonds. The van der Waals surface area contributed by atoms with Gasteiger partial charge in [0, 0.05) is 0 Å². The number of hydrogen-bond acceptors (Lipinski definition) is 0. The van der Waals surface area contributed by atoms with Crippen LogP contribution in [0.5, 0.6) is 0 Å². The first-order chi connectivity index (χ1) is 5.54. The van der Waals surface area contributed by atoms with Gasteiger partial charge in [0.1, 0.15) is 0 Å². The second-order valence-electron chi connectivity index (χ2n) is 2.28. The molecule has 0 aliphatic rings. The zero-order chi connectivity index (χ0) is 9.56. The molecule has 0 saturated carbocycles. The van der Waals surface area contributed by atoms with Gasteiger partial charge in [-0.05, 0) is 25.0 Å². The van der Waals surface area contributed by atoms with Crippen molar-refractivity contribution in [2.45, 2.75) is 13.8 Å². The third-order valence-corrected chi connectivity index (χ3v) is 1.43. The van der Waals surface area contributed by atoms with Crippen molar-refractivity contribution < 1.29 is 4.92 Å². The molecule has 68 valence electrons. The van der Waals surface area contributed by atoms with E-state index < -0.39 is 0 Å². The fraction of sp³-hybridized carbons (Fsp3) is 0.250. The van der Waals surface area contributed by atoms with E-state index in [0.29, 0.717) is 0 Å². The normalized spacial score (nSPS) is 9.17. The molecule has 0 nitrogen and oxygen atoms in total. The Kier molecular flexibility index (Phi) is 9.70. The third kappa shape index (κ3) is 8.59. The Morgan fingerprint density at radius 1 is 0.917 bits per heavy atom. The topological polar surface area (TPSA) is 0 Å². The van der Waals surface area contributed by atoms with Gasteiger partial charge in [0.05, 0.1) is 0 Å². The van der Waals surface area contributed by atoms with Gasteiger partial charge in [-0.2, -0.15) is 0 Å². The molecule has 4 heteroatoms. The Hall–Kier alpha value is 1.99. The van der Waals surface area contributed by atoms with Gasteiger partial charge in [-0.1, -0.05) is 24.3 Å². The Balaban J connectivity index is 0.000000261. The average Bonchev–Trinajstić information content (AvgIpc) is 1.94. The average molecular weight is 538 g/mol. The van der Waals surface area contributed by atoms with Crippen LogP contribution in [0.3, 0.4) is 0 Å². The zero-order valence-electron chi connectivity index (χ0n) is 6.89. The standard InChI is InChI=1S/C8H10.3HI.V/c1-7-5-3-4-6-8(7)2;;;;/h3-6H,1-2H3;3*1H;/q;;;;+3/p-3. The van der Waals surface area contributed by atoms with Crippen LogP contribution in [0.1, 0.15) is 11.1 Å². The molecule has 0 bridgehead atoms. The number of halogens is 3. The number of benzene rings is 1. The van der Waals surface area contributed by atoms with Crippen molar-refractivity contribution in [2.24, 2.45) is 0 Å². The van der Waals surface area contributed by atoms with Gasteiger partial charge in [0.25, 0.3) is 0 Å². The fourth-order valence-corrected chi connectivity index (χ4v) is 0.663. The van der Waals surface area contributed by atoms with Gasteiger partial charge < -0.3 is 0 Å². The summed E-state index contributed by atoms with van der Waals surface area (Å²) in [6.07, 6.45) is 0. The summed E-state index contributed by atoms with van der Waals surface area (Å²) in [5, 5.41) is 0. The van der Waals surface area contributed by atoms with Crippen molar-refractivity contribution >= 4 is 59.9 Å². The van der Waals surface area contributed by atoms with E-state index in [2.05, 4.69) is 98.0 Å². The van der Waals surface area contributed by atoms with E-state index >= 15 is 0 Å². The predicted molar refractivity (Wildman–Crippen MR) is 78.0 cm³/mol. The monoisotopic (exact) mass is 538 g/mol. The van der Waals surface area contributed by atoms with Gasteiger partial charge in [0.2, 0.25) is 0 Å². The second-order valence-corrected chi connectivity index (χ2v) is 37.6. The summed E-state index contributed by atoms with van der Waals surface area (Å²) >= 11 is 7.39. The molecular weight excluding hydrogens is 528 g/mol. The quantitative estimate of drug-likeness (QED) is 0.411. The Bertz CT molecular complexity index is 202. The van der Waals surface area contributed by atoms with Crippen molar-refractivity contribution in [3.05, 3.63) is 35.4 Å². The molecule has 1 aromatic carbocycles. The summed E-state index contributed by atoms with van der Waals surface area (Å²) in [6.45, 7) is 4.24. The van der Waals surface area contributed by atoms with Crippen LogP contribution in [0.15, 0.2) is 24.3 Å². The van der Waals surface area contributed by atoms with Gasteiger partial charge in [0.15, 0.2) is 0 Å². The first-order valence-corrected chi connectivity index (χ1v) is 16.9. The molecular formula is C8H10I3V. The summed E-state index contributed by atoms with van der Waals surface area (Å²) in [5.74, 6) is 0. The van der Waals surface area contributed by atoms with E-state index in [9.17, 15) is 0 Å². The van der Waals surface area contributed by atoms with Gasteiger partial charge in [-0.15, -0.1) is 0 Å². The third-order valence-electron chi connectivity index (χ3n) is 1.43. The first kappa shape index (κ1) is 14.0. The molecule has 0 aliphatic heterocycles. The maximum absolute atomic E-state index is 2.46. The summed E-state index contributed by atoms with van der Waals surface area (Å²) in [4.78, 5) is -0.278. The fourth-order valence-electron chi connectivity index (χ4n) is 0.663. The molecule has 12 heavy (non-hydrogen) atoms. The van der Waals surface area contributed by atoms with E-state index in [1.165, 1.54) is 11.1 Å². The van der Waals surface area contributed by atoms with Crippen molar-refractivity contribution in [2.75, 3.05) is 0 Å². The molecule has 0 heterocycles. The van der Waals surface area contributed by atoms with Crippen LogP contribution in [0.25, 0.3) is 0 Å². The van der Waals surface area contributed by atoms with E-state index in [0.717, 1.165) is 0 Å². The molecule has 1 aromatic rings. The van der Waals surface area contributed by atoms with Crippen LogP contribution in [0.4, 0.5) is 0 Å². The van der Waals surface area contributed by atoms with Gasteiger partial charge in [-0.25, -0.2) is 0 Å². The van der Waals surface area contributed by atoms with Crippen LogP contribution >= 0.6 is 59.9 Å². The van der Waals surface area contributed by atoms with Crippen LogP contribution in [-0.4, -0.2) is 0 Å². The number of aryl methyl sites for hydroxylation is 2. The Labute approximate surface area is 112 Å². The molecule has 1 rings (SSSR count). The molecule has 0 spiro atoms. The Morgan fingerprint density at radius 3 is 1.33 bits per heavy atom. The van der Waals surface area contributed by atoms with Crippen LogP contribution < -0.4 is 0 Å². The maximum atomic E-state index is 2.46. The van der Waals surface area contributed by atoms with Gasteiger partial charge >= 0.3 is 64.9 Å². The van der Waals surface area contributed by atoms with Crippen molar-refractivity contribution in [3.63, 3.8) is 0 Å². The van der Waals surface area contributed by atoms with E-state index in [1.54, 1.807) is 0 Å². The molecule has 0 atom stereocenters. The summed E-state index contributed by atoms with van der Waals surface area (Å²) in [5.41, 5.74) is 2.74. The van der Waals surface area contributed by atoms with E-state index in [4.69, 9.17) is 0 Å². The molecule has 0 unspecified atom stereocenters. The molecule has 0 N–H and O–H groups in total.